The lowest BCUT2D eigenvalue weighted by Crippen LogP contribution is -2.22. The fourth-order valence-electron chi connectivity index (χ4n) is 1.08. The summed E-state index contributed by atoms with van der Waals surface area (Å²) in [6, 6.07) is 7.52. The Balaban J connectivity index is 3.06. The summed E-state index contributed by atoms with van der Waals surface area (Å²) in [6.45, 7) is 0. The van der Waals surface area contributed by atoms with E-state index in [9.17, 15) is 0 Å². The van der Waals surface area contributed by atoms with Crippen molar-refractivity contribution in [2.45, 2.75) is 0 Å². The van der Waals surface area contributed by atoms with E-state index < -0.39 is 0 Å². The molecule has 0 aliphatic heterocycles. The van der Waals surface area contributed by atoms with Crippen molar-refractivity contribution >= 4 is 5.84 Å². The number of para-hydroxylation sites is 1. The van der Waals surface area contributed by atoms with Crippen LogP contribution in [0.3, 0.4) is 0 Å². The van der Waals surface area contributed by atoms with E-state index in [0.717, 1.165) is 11.3 Å². The van der Waals surface area contributed by atoms with E-state index in [-0.39, 0.29) is 0 Å². The molecule has 0 unspecified atom stereocenters. The first-order chi connectivity index (χ1) is 6.16. The average molecular weight is 178 g/mol. The number of nitrogens with zero attached hydrogens (tertiary/aromatic N) is 1. The summed E-state index contributed by atoms with van der Waals surface area (Å²) >= 11 is 0. The molecule has 1 rings (SSSR count). The summed E-state index contributed by atoms with van der Waals surface area (Å²) in [7, 11) is 5.30. The van der Waals surface area contributed by atoms with Crippen molar-refractivity contribution in [3.8, 4) is 5.75 Å². The van der Waals surface area contributed by atoms with Crippen LogP contribution in [0.2, 0.25) is 0 Å². The quantitative estimate of drug-likeness (QED) is 0.551. The average Bonchev–Trinajstić information content (AvgIpc) is 2.16. The van der Waals surface area contributed by atoms with E-state index in [1.54, 1.807) is 12.0 Å². The van der Waals surface area contributed by atoms with Gasteiger partial charge in [0, 0.05) is 14.1 Å². The van der Waals surface area contributed by atoms with E-state index in [0.29, 0.717) is 5.84 Å². The summed E-state index contributed by atoms with van der Waals surface area (Å²) in [5.74, 6) is 1.19. The third-order valence-electron chi connectivity index (χ3n) is 1.81. The minimum Gasteiger partial charge on any atom is -0.496 e. The Kier molecular flexibility index (Phi) is 2.90. The molecule has 0 aliphatic carbocycles. The highest BCUT2D eigenvalue weighted by molar-refractivity contribution is 5.98. The maximum absolute atomic E-state index is 7.77. The van der Waals surface area contributed by atoms with Crippen LogP contribution in [0.5, 0.6) is 5.75 Å². The molecule has 3 heteroatoms. The van der Waals surface area contributed by atoms with Crippen molar-refractivity contribution < 1.29 is 4.74 Å². The van der Waals surface area contributed by atoms with Crippen LogP contribution in [-0.2, 0) is 0 Å². The zero-order valence-corrected chi connectivity index (χ0v) is 8.16. The van der Waals surface area contributed by atoms with Gasteiger partial charge in [-0.05, 0) is 12.1 Å². The van der Waals surface area contributed by atoms with Crippen molar-refractivity contribution in [2.24, 2.45) is 0 Å². The van der Waals surface area contributed by atoms with Crippen molar-refractivity contribution in [1.29, 1.82) is 5.41 Å². The van der Waals surface area contributed by atoms with Gasteiger partial charge in [-0.1, -0.05) is 12.1 Å². The van der Waals surface area contributed by atoms with E-state index in [4.69, 9.17) is 10.1 Å². The molecule has 0 atom stereocenters. The Morgan fingerprint density at radius 2 is 1.92 bits per heavy atom. The first-order valence-corrected chi connectivity index (χ1v) is 4.06. The summed E-state index contributed by atoms with van der Waals surface area (Å²) in [6.07, 6.45) is 0. The lowest BCUT2D eigenvalue weighted by molar-refractivity contribution is 0.412. The molecule has 3 nitrogen and oxygen atoms in total. The number of amidine groups is 1. The predicted octanol–water partition coefficient (Wildman–Crippen LogP) is 1.58. The second-order valence-corrected chi connectivity index (χ2v) is 2.94. The number of rotatable bonds is 2. The summed E-state index contributed by atoms with van der Waals surface area (Å²) in [4.78, 5) is 1.75. The van der Waals surface area contributed by atoms with E-state index in [1.807, 2.05) is 38.4 Å². The number of methoxy groups -OCH3 is 1. The molecular weight excluding hydrogens is 164 g/mol. The van der Waals surface area contributed by atoms with E-state index in [1.165, 1.54) is 0 Å². The monoisotopic (exact) mass is 178 g/mol. The van der Waals surface area contributed by atoms with Crippen molar-refractivity contribution in [3.05, 3.63) is 29.8 Å². The molecule has 0 saturated carbocycles. The molecule has 0 aliphatic rings. The lowest BCUT2D eigenvalue weighted by Gasteiger charge is -2.15. The van der Waals surface area contributed by atoms with Gasteiger partial charge in [0.25, 0.3) is 0 Å². The van der Waals surface area contributed by atoms with Crippen LogP contribution in [0.4, 0.5) is 0 Å². The van der Waals surface area contributed by atoms with Gasteiger partial charge >= 0.3 is 0 Å². The number of hydrogen-bond acceptors (Lipinski definition) is 2. The molecule has 0 aromatic heterocycles. The maximum atomic E-state index is 7.77. The molecular formula is C10H14N2O. The number of benzene rings is 1. The summed E-state index contributed by atoms with van der Waals surface area (Å²) < 4.78 is 5.15. The standard InChI is InChI=1S/C10H14N2O/c1-12(2)10(11)8-6-4-5-7-9(8)13-3/h4-7,11H,1-3H3. The Morgan fingerprint density at radius 1 is 1.31 bits per heavy atom. The van der Waals surface area contributed by atoms with Gasteiger partial charge in [-0.3, -0.25) is 5.41 Å². The third-order valence-corrected chi connectivity index (χ3v) is 1.81. The fraction of sp³-hybridized carbons (Fsp3) is 0.300. The topological polar surface area (TPSA) is 36.3 Å². The van der Waals surface area contributed by atoms with Crippen LogP contribution < -0.4 is 4.74 Å². The van der Waals surface area contributed by atoms with E-state index in [2.05, 4.69) is 0 Å². The normalized spacial score (nSPS) is 9.46. The molecule has 0 amide bonds. The van der Waals surface area contributed by atoms with Crippen molar-refractivity contribution in [2.75, 3.05) is 21.2 Å². The lowest BCUT2D eigenvalue weighted by atomic mass is 10.2. The van der Waals surface area contributed by atoms with Gasteiger partial charge in [-0.2, -0.15) is 0 Å². The zero-order chi connectivity index (χ0) is 9.84. The Morgan fingerprint density at radius 3 is 2.46 bits per heavy atom. The summed E-state index contributed by atoms with van der Waals surface area (Å²) in [5, 5.41) is 7.77. The summed E-state index contributed by atoms with van der Waals surface area (Å²) in [5.41, 5.74) is 0.815. The molecule has 1 aromatic carbocycles. The van der Waals surface area contributed by atoms with Crippen LogP contribution in [0.25, 0.3) is 0 Å². The van der Waals surface area contributed by atoms with Gasteiger partial charge in [-0.15, -0.1) is 0 Å². The third kappa shape index (κ3) is 1.99. The predicted molar refractivity (Wildman–Crippen MR) is 53.5 cm³/mol. The minimum atomic E-state index is 0.456. The molecule has 0 fully saturated rings. The molecule has 0 heterocycles. The molecule has 0 bridgehead atoms. The second kappa shape index (κ2) is 3.94. The van der Waals surface area contributed by atoms with Gasteiger partial charge in [0.1, 0.15) is 11.6 Å². The fourth-order valence-corrected chi connectivity index (χ4v) is 1.08. The highest BCUT2D eigenvalue weighted by Crippen LogP contribution is 2.17. The smallest absolute Gasteiger partial charge is 0.131 e. The van der Waals surface area contributed by atoms with Gasteiger partial charge in [0.2, 0.25) is 0 Å². The minimum absolute atomic E-state index is 0.456. The van der Waals surface area contributed by atoms with Crippen LogP contribution >= 0.6 is 0 Å². The number of hydrogen-bond donors (Lipinski definition) is 1. The van der Waals surface area contributed by atoms with Crippen molar-refractivity contribution in [1.82, 2.24) is 4.90 Å². The molecule has 0 saturated heterocycles. The first kappa shape index (κ1) is 9.58. The van der Waals surface area contributed by atoms with Crippen LogP contribution in [0.1, 0.15) is 5.56 Å². The zero-order valence-electron chi connectivity index (χ0n) is 8.16. The van der Waals surface area contributed by atoms with E-state index >= 15 is 0 Å². The molecule has 1 aromatic rings. The second-order valence-electron chi connectivity index (χ2n) is 2.94. The molecule has 13 heavy (non-hydrogen) atoms. The molecule has 0 spiro atoms. The Hall–Kier alpha value is -1.51. The number of ether oxygens (including phenoxy) is 1. The first-order valence-electron chi connectivity index (χ1n) is 4.06. The van der Waals surface area contributed by atoms with Gasteiger partial charge in [0.15, 0.2) is 0 Å². The van der Waals surface area contributed by atoms with Crippen LogP contribution in [-0.4, -0.2) is 31.9 Å². The van der Waals surface area contributed by atoms with Crippen LogP contribution in [0.15, 0.2) is 24.3 Å². The van der Waals surface area contributed by atoms with Gasteiger partial charge in [-0.25, -0.2) is 0 Å². The SMILES string of the molecule is COc1ccccc1C(=N)N(C)C. The van der Waals surface area contributed by atoms with Gasteiger partial charge < -0.3 is 9.64 Å². The van der Waals surface area contributed by atoms with Gasteiger partial charge in [0.05, 0.1) is 12.7 Å². The van der Waals surface area contributed by atoms with Crippen molar-refractivity contribution in [3.63, 3.8) is 0 Å². The molecule has 70 valence electrons. The number of nitrogens with one attached hydrogen (secondary N) is 1. The molecule has 1 N–H and O–H groups in total. The Bertz CT molecular complexity index is 308. The largest absolute Gasteiger partial charge is 0.496 e. The molecule has 0 radical (unpaired) electrons. The highest BCUT2D eigenvalue weighted by Gasteiger charge is 2.08. The Labute approximate surface area is 78.4 Å². The highest BCUT2D eigenvalue weighted by atomic mass is 16.5. The maximum Gasteiger partial charge on any atom is 0.131 e. The van der Waals surface area contributed by atoms with Crippen LogP contribution in [0, 0.1) is 5.41 Å².